The summed E-state index contributed by atoms with van der Waals surface area (Å²) in [6.45, 7) is 7.49. The van der Waals surface area contributed by atoms with Crippen molar-refractivity contribution < 1.29 is 4.79 Å². The van der Waals surface area contributed by atoms with E-state index in [0.717, 1.165) is 66.4 Å². The SMILES string of the molecule is Cc1nc(C(=O)N2CCC(c3ncnc4cc(N5CCN(C)CC5)cnc34)CC2)cs1. The molecule has 2 aliphatic rings. The van der Waals surface area contributed by atoms with Gasteiger partial charge in [-0.2, -0.15) is 0 Å². The maximum Gasteiger partial charge on any atom is 0.273 e. The van der Waals surface area contributed by atoms with Gasteiger partial charge in [-0.1, -0.05) is 0 Å². The zero-order chi connectivity index (χ0) is 21.4. The van der Waals surface area contributed by atoms with Gasteiger partial charge in [0.2, 0.25) is 0 Å². The molecule has 0 atom stereocenters. The third-order valence-corrected chi connectivity index (χ3v) is 7.14. The molecule has 31 heavy (non-hydrogen) atoms. The van der Waals surface area contributed by atoms with Crippen LogP contribution >= 0.6 is 11.3 Å². The van der Waals surface area contributed by atoms with Gasteiger partial charge in [0.05, 0.1) is 28.1 Å². The molecule has 0 aliphatic carbocycles. The lowest BCUT2D eigenvalue weighted by Crippen LogP contribution is -2.44. The molecular weight excluding hydrogens is 410 g/mol. The van der Waals surface area contributed by atoms with Crippen LogP contribution in [0.3, 0.4) is 0 Å². The molecule has 1 amide bonds. The van der Waals surface area contributed by atoms with Gasteiger partial charge >= 0.3 is 0 Å². The number of carbonyl (C=O) groups excluding carboxylic acids is 1. The summed E-state index contributed by atoms with van der Waals surface area (Å²) >= 11 is 1.52. The summed E-state index contributed by atoms with van der Waals surface area (Å²) in [5.41, 5.74) is 4.49. The number of aromatic nitrogens is 4. The number of piperidine rings is 1. The Kier molecular flexibility index (Phi) is 5.54. The van der Waals surface area contributed by atoms with Crippen molar-refractivity contribution in [3.05, 3.63) is 40.4 Å². The summed E-state index contributed by atoms with van der Waals surface area (Å²) in [4.78, 5) is 37.6. The minimum absolute atomic E-state index is 0.0327. The van der Waals surface area contributed by atoms with Crippen LogP contribution in [0.1, 0.15) is 39.9 Å². The molecule has 0 radical (unpaired) electrons. The number of rotatable bonds is 3. The standard InChI is InChI=1S/C22H27N7OS/c1-15-26-19(13-31-15)22(30)29-5-3-16(4-6-29)20-21-18(24-14-25-20)11-17(12-23-21)28-9-7-27(2)8-10-28/h11-14,16H,3-10H2,1-2H3. The van der Waals surface area contributed by atoms with Crippen LogP contribution in [-0.2, 0) is 0 Å². The Morgan fingerprint density at radius 1 is 1.06 bits per heavy atom. The molecule has 8 nitrogen and oxygen atoms in total. The highest BCUT2D eigenvalue weighted by Gasteiger charge is 2.28. The second-order valence-corrected chi connectivity index (χ2v) is 9.49. The molecule has 2 fully saturated rings. The largest absolute Gasteiger partial charge is 0.368 e. The predicted octanol–water partition coefficient (Wildman–Crippen LogP) is 2.56. The van der Waals surface area contributed by atoms with Gasteiger partial charge in [0.15, 0.2) is 0 Å². The predicted molar refractivity (Wildman–Crippen MR) is 122 cm³/mol. The monoisotopic (exact) mass is 437 g/mol. The Bertz CT molecular complexity index is 1080. The molecule has 0 unspecified atom stereocenters. The minimum atomic E-state index is 0.0327. The zero-order valence-corrected chi connectivity index (χ0v) is 18.8. The summed E-state index contributed by atoms with van der Waals surface area (Å²) < 4.78 is 0. The van der Waals surface area contributed by atoms with Gasteiger partial charge in [0.25, 0.3) is 5.91 Å². The van der Waals surface area contributed by atoms with E-state index in [2.05, 4.69) is 37.9 Å². The average Bonchev–Trinajstić information content (AvgIpc) is 3.25. The number of pyridine rings is 1. The second-order valence-electron chi connectivity index (χ2n) is 8.43. The Morgan fingerprint density at radius 2 is 1.84 bits per heavy atom. The van der Waals surface area contributed by atoms with Crippen LogP contribution in [0, 0.1) is 6.92 Å². The molecule has 0 spiro atoms. The van der Waals surface area contributed by atoms with E-state index in [1.54, 1.807) is 6.33 Å². The van der Waals surface area contributed by atoms with Gasteiger partial charge < -0.3 is 14.7 Å². The van der Waals surface area contributed by atoms with Gasteiger partial charge in [-0.05, 0) is 32.9 Å². The maximum absolute atomic E-state index is 12.7. The Morgan fingerprint density at radius 3 is 2.55 bits per heavy atom. The topological polar surface area (TPSA) is 78.4 Å². The van der Waals surface area contributed by atoms with Crippen molar-refractivity contribution in [3.63, 3.8) is 0 Å². The third kappa shape index (κ3) is 4.12. The highest BCUT2D eigenvalue weighted by Crippen LogP contribution is 2.31. The lowest BCUT2D eigenvalue weighted by atomic mass is 9.92. The normalized spacial score (nSPS) is 18.6. The lowest BCUT2D eigenvalue weighted by Gasteiger charge is -2.34. The van der Waals surface area contributed by atoms with Crippen molar-refractivity contribution in [3.8, 4) is 0 Å². The van der Waals surface area contributed by atoms with Crippen molar-refractivity contribution in [1.29, 1.82) is 0 Å². The summed E-state index contributed by atoms with van der Waals surface area (Å²) in [5.74, 6) is 0.319. The van der Waals surface area contributed by atoms with E-state index in [1.807, 2.05) is 23.4 Å². The van der Waals surface area contributed by atoms with Crippen LogP contribution in [0.5, 0.6) is 0 Å². The number of hydrogen-bond acceptors (Lipinski definition) is 8. The Hall–Kier alpha value is -2.65. The van der Waals surface area contributed by atoms with Crippen LogP contribution in [0.2, 0.25) is 0 Å². The number of hydrogen-bond donors (Lipinski definition) is 0. The van der Waals surface area contributed by atoms with Crippen molar-refractivity contribution >= 4 is 34.0 Å². The molecule has 3 aromatic heterocycles. The fourth-order valence-corrected chi connectivity index (χ4v) is 5.06. The number of anilines is 1. The van der Waals surface area contributed by atoms with E-state index in [9.17, 15) is 4.79 Å². The molecule has 3 aromatic rings. The molecule has 0 saturated carbocycles. The number of carbonyl (C=O) groups is 1. The lowest BCUT2D eigenvalue weighted by molar-refractivity contribution is 0.0707. The smallest absolute Gasteiger partial charge is 0.273 e. The van der Waals surface area contributed by atoms with Crippen molar-refractivity contribution in [2.45, 2.75) is 25.7 Å². The molecule has 162 valence electrons. The zero-order valence-electron chi connectivity index (χ0n) is 18.0. The van der Waals surface area contributed by atoms with Crippen LogP contribution < -0.4 is 4.90 Å². The van der Waals surface area contributed by atoms with E-state index < -0.39 is 0 Å². The molecule has 0 N–H and O–H groups in total. The quantitative estimate of drug-likeness (QED) is 0.623. The van der Waals surface area contributed by atoms with Crippen LogP contribution in [0.15, 0.2) is 24.0 Å². The Labute approximate surface area is 185 Å². The van der Waals surface area contributed by atoms with E-state index in [-0.39, 0.29) is 11.8 Å². The van der Waals surface area contributed by atoms with E-state index >= 15 is 0 Å². The van der Waals surface area contributed by atoms with Gasteiger partial charge in [-0.15, -0.1) is 11.3 Å². The fraction of sp³-hybridized carbons (Fsp3) is 0.500. The first kappa shape index (κ1) is 20.3. The van der Waals surface area contributed by atoms with Gasteiger partial charge in [0, 0.05) is 50.6 Å². The molecule has 5 heterocycles. The Balaban J connectivity index is 1.31. The van der Waals surface area contributed by atoms with Crippen LogP contribution in [0.25, 0.3) is 11.0 Å². The first-order chi connectivity index (χ1) is 15.1. The molecule has 0 bridgehead atoms. The summed E-state index contributed by atoms with van der Waals surface area (Å²) in [7, 11) is 2.16. The van der Waals surface area contributed by atoms with E-state index in [1.165, 1.54) is 11.3 Å². The third-order valence-electron chi connectivity index (χ3n) is 6.36. The van der Waals surface area contributed by atoms with E-state index in [4.69, 9.17) is 4.98 Å². The molecular formula is C22H27N7OS. The first-order valence-electron chi connectivity index (χ1n) is 10.8. The molecule has 0 aromatic carbocycles. The summed E-state index contributed by atoms with van der Waals surface area (Å²) in [6, 6.07) is 2.14. The fourth-order valence-electron chi connectivity index (χ4n) is 4.47. The van der Waals surface area contributed by atoms with Gasteiger partial charge in [0.1, 0.15) is 17.5 Å². The number of likely N-dealkylation sites (tertiary alicyclic amines) is 1. The number of likely N-dealkylation sites (N-methyl/N-ethyl adjacent to an activating group) is 1. The molecule has 5 rings (SSSR count). The maximum atomic E-state index is 12.7. The molecule has 9 heteroatoms. The minimum Gasteiger partial charge on any atom is -0.368 e. The second kappa shape index (κ2) is 8.47. The van der Waals surface area contributed by atoms with Crippen LogP contribution in [0.4, 0.5) is 5.69 Å². The van der Waals surface area contributed by atoms with Crippen molar-refractivity contribution in [1.82, 2.24) is 29.7 Å². The number of amides is 1. The molecule has 2 aliphatic heterocycles. The number of nitrogens with zero attached hydrogens (tertiary/aromatic N) is 7. The average molecular weight is 438 g/mol. The van der Waals surface area contributed by atoms with Gasteiger partial charge in [-0.3, -0.25) is 9.78 Å². The molecule has 2 saturated heterocycles. The first-order valence-corrected chi connectivity index (χ1v) is 11.7. The summed E-state index contributed by atoms with van der Waals surface area (Å²) in [6.07, 6.45) is 5.37. The van der Waals surface area contributed by atoms with Gasteiger partial charge in [-0.25, -0.2) is 15.0 Å². The highest BCUT2D eigenvalue weighted by molar-refractivity contribution is 7.09. The van der Waals surface area contributed by atoms with Crippen molar-refractivity contribution in [2.24, 2.45) is 0 Å². The van der Waals surface area contributed by atoms with Crippen molar-refractivity contribution in [2.75, 3.05) is 51.2 Å². The highest BCUT2D eigenvalue weighted by atomic mass is 32.1. The number of aryl methyl sites for hydroxylation is 1. The van der Waals surface area contributed by atoms with E-state index in [0.29, 0.717) is 18.8 Å². The van der Waals surface area contributed by atoms with Crippen LogP contribution in [-0.4, -0.2) is 82.0 Å². The summed E-state index contributed by atoms with van der Waals surface area (Å²) in [5, 5.41) is 2.77. The number of fused-ring (bicyclic) bond motifs is 1. The number of thiazole rings is 1. The number of piperazine rings is 1.